The second-order valence-corrected chi connectivity index (χ2v) is 6.20. The number of halogens is 1. The van der Waals surface area contributed by atoms with Crippen LogP contribution in [-0.2, 0) is 9.59 Å². The number of hydrogen-bond donors (Lipinski definition) is 1. The molecule has 0 aromatic heterocycles. The third kappa shape index (κ3) is 4.21. The molecule has 6 nitrogen and oxygen atoms in total. The van der Waals surface area contributed by atoms with E-state index in [-0.39, 0.29) is 31.2 Å². The van der Waals surface area contributed by atoms with E-state index in [9.17, 15) is 14.4 Å². The quantitative estimate of drug-likeness (QED) is 0.480. The van der Waals surface area contributed by atoms with Crippen LogP contribution in [0.2, 0.25) is 5.02 Å². The molecule has 134 valence electrons. The number of carbonyl (C=O) groups is 3. The highest BCUT2D eigenvalue weighted by atomic mass is 35.5. The monoisotopic (exact) mass is 372 g/mol. The van der Waals surface area contributed by atoms with Gasteiger partial charge in [0.2, 0.25) is 5.91 Å². The molecule has 2 aromatic rings. The van der Waals surface area contributed by atoms with Crippen LogP contribution < -0.4 is 10.1 Å². The van der Waals surface area contributed by atoms with Gasteiger partial charge in [0.05, 0.1) is 11.6 Å². The number of benzene rings is 2. The maximum Gasteiger partial charge on any atom is 0.324 e. The first-order valence-electron chi connectivity index (χ1n) is 8.18. The van der Waals surface area contributed by atoms with Gasteiger partial charge in [-0.1, -0.05) is 48.0 Å². The maximum absolute atomic E-state index is 12.0. The summed E-state index contributed by atoms with van der Waals surface area (Å²) in [5, 5.41) is 2.77. The number of nitrogens with one attached hydrogen (secondary N) is 1. The van der Waals surface area contributed by atoms with Gasteiger partial charge in [0, 0.05) is 13.0 Å². The maximum atomic E-state index is 12.0. The summed E-state index contributed by atoms with van der Waals surface area (Å²) in [5.41, 5.74) is 1.94. The van der Waals surface area contributed by atoms with Crippen molar-refractivity contribution in [2.75, 3.05) is 13.1 Å². The van der Waals surface area contributed by atoms with E-state index in [4.69, 9.17) is 16.3 Å². The van der Waals surface area contributed by atoms with Crippen molar-refractivity contribution in [3.05, 3.63) is 53.6 Å². The standard InChI is InChI=1S/C19H17ClN2O4/c20-15-11-14(13-5-2-1-3-6-13)8-9-16(15)26-18(24)7-4-10-22-17(23)12-21-19(22)25/h1-3,5-6,8-9,11H,4,7,10,12H2,(H,21,25). The van der Waals surface area contributed by atoms with Crippen LogP contribution in [0.15, 0.2) is 48.5 Å². The number of nitrogens with zero attached hydrogens (tertiary/aromatic N) is 1. The van der Waals surface area contributed by atoms with Crippen molar-refractivity contribution in [3.8, 4) is 16.9 Å². The molecule has 0 radical (unpaired) electrons. The molecular weight excluding hydrogens is 356 g/mol. The van der Waals surface area contributed by atoms with E-state index >= 15 is 0 Å². The van der Waals surface area contributed by atoms with Gasteiger partial charge < -0.3 is 10.1 Å². The van der Waals surface area contributed by atoms with E-state index < -0.39 is 12.0 Å². The van der Waals surface area contributed by atoms with Crippen LogP contribution in [0.25, 0.3) is 11.1 Å². The SMILES string of the molecule is O=C(CCCN1C(=O)CNC1=O)Oc1ccc(-c2ccccc2)cc1Cl. The van der Waals surface area contributed by atoms with Crippen LogP contribution in [-0.4, -0.2) is 35.9 Å². The number of rotatable bonds is 6. The van der Waals surface area contributed by atoms with Crippen LogP contribution in [0, 0.1) is 0 Å². The first kappa shape index (κ1) is 17.9. The van der Waals surface area contributed by atoms with Crippen molar-refractivity contribution >= 4 is 29.5 Å². The zero-order valence-electron chi connectivity index (χ0n) is 13.9. The molecule has 1 heterocycles. The largest absolute Gasteiger partial charge is 0.425 e. The number of urea groups is 1. The fourth-order valence-electron chi connectivity index (χ4n) is 2.63. The van der Waals surface area contributed by atoms with Gasteiger partial charge in [0.25, 0.3) is 0 Å². The average molecular weight is 373 g/mol. The predicted molar refractivity (Wildman–Crippen MR) is 96.9 cm³/mol. The molecule has 3 rings (SSSR count). The lowest BCUT2D eigenvalue weighted by atomic mass is 10.1. The van der Waals surface area contributed by atoms with Crippen molar-refractivity contribution in [1.29, 1.82) is 0 Å². The molecule has 0 bridgehead atoms. The van der Waals surface area contributed by atoms with Gasteiger partial charge in [0.1, 0.15) is 5.75 Å². The minimum Gasteiger partial charge on any atom is -0.425 e. The van der Waals surface area contributed by atoms with Crippen LogP contribution in [0.1, 0.15) is 12.8 Å². The summed E-state index contributed by atoms with van der Waals surface area (Å²) in [7, 11) is 0. The van der Waals surface area contributed by atoms with Crippen LogP contribution in [0.3, 0.4) is 0 Å². The third-order valence-electron chi connectivity index (χ3n) is 3.96. The van der Waals surface area contributed by atoms with Crippen molar-refractivity contribution in [1.82, 2.24) is 10.2 Å². The highest BCUT2D eigenvalue weighted by Gasteiger charge is 2.27. The Kier molecular flexibility index (Phi) is 5.53. The molecule has 0 spiro atoms. The first-order valence-corrected chi connectivity index (χ1v) is 8.56. The lowest BCUT2D eigenvalue weighted by Gasteiger charge is -2.12. The number of carbonyl (C=O) groups excluding carboxylic acids is 3. The fourth-order valence-corrected chi connectivity index (χ4v) is 2.85. The number of amides is 3. The Morgan fingerprint density at radius 3 is 2.54 bits per heavy atom. The van der Waals surface area contributed by atoms with E-state index in [0.29, 0.717) is 11.4 Å². The Morgan fingerprint density at radius 1 is 1.12 bits per heavy atom. The highest BCUT2D eigenvalue weighted by molar-refractivity contribution is 6.32. The molecule has 3 amide bonds. The molecule has 1 saturated heterocycles. The number of ether oxygens (including phenoxy) is 1. The molecular formula is C19H17ClN2O4. The zero-order chi connectivity index (χ0) is 18.5. The summed E-state index contributed by atoms with van der Waals surface area (Å²) < 4.78 is 5.28. The molecule has 0 saturated carbocycles. The summed E-state index contributed by atoms with van der Waals surface area (Å²) >= 11 is 6.22. The summed E-state index contributed by atoms with van der Waals surface area (Å²) in [4.78, 5) is 35.9. The molecule has 0 aliphatic carbocycles. The van der Waals surface area contributed by atoms with Gasteiger partial charge in [-0.15, -0.1) is 0 Å². The summed E-state index contributed by atoms with van der Waals surface area (Å²) in [6, 6.07) is 14.5. The molecule has 1 fully saturated rings. The van der Waals surface area contributed by atoms with Gasteiger partial charge in [-0.2, -0.15) is 0 Å². The van der Waals surface area contributed by atoms with Gasteiger partial charge in [0.15, 0.2) is 0 Å². The van der Waals surface area contributed by atoms with Crippen molar-refractivity contribution < 1.29 is 19.1 Å². The number of imide groups is 1. The Morgan fingerprint density at radius 2 is 1.88 bits per heavy atom. The zero-order valence-corrected chi connectivity index (χ0v) is 14.7. The fraction of sp³-hybridized carbons (Fsp3) is 0.211. The first-order chi connectivity index (χ1) is 12.5. The molecule has 1 aliphatic heterocycles. The van der Waals surface area contributed by atoms with Gasteiger partial charge in [-0.05, 0) is 29.7 Å². The lowest BCUT2D eigenvalue weighted by molar-refractivity contribution is -0.135. The Labute approximate surface area is 155 Å². The molecule has 26 heavy (non-hydrogen) atoms. The second kappa shape index (κ2) is 8.01. The average Bonchev–Trinajstić information content (AvgIpc) is 2.96. The number of hydrogen-bond acceptors (Lipinski definition) is 4. The van der Waals surface area contributed by atoms with E-state index in [1.165, 1.54) is 0 Å². The molecule has 0 unspecified atom stereocenters. The van der Waals surface area contributed by atoms with Crippen LogP contribution in [0.4, 0.5) is 4.79 Å². The van der Waals surface area contributed by atoms with Gasteiger partial charge in [-0.3, -0.25) is 14.5 Å². The normalized spacial score (nSPS) is 13.7. The van der Waals surface area contributed by atoms with Gasteiger partial charge in [-0.25, -0.2) is 4.79 Å². The van der Waals surface area contributed by atoms with Crippen LogP contribution in [0.5, 0.6) is 5.75 Å². The molecule has 0 atom stereocenters. The van der Waals surface area contributed by atoms with E-state index in [2.05, 4.69) is 5.32 Å². The van der Waals surface area contributed by atoms with Gasteiger partial charge >= 0.3 is 12.0 Å². The Bertz CT molecular complexity index is 823. The smallest absolute Gasteiger partial charge is 0.324 e. The molecule has 2 aromatic carbocycles. The van der Waals surface area contributed by atoms with Crippen molar-refractivity contribution in [2.24, 2.45) is 0 Å². The highest BCUT2D eigenvalue weighted by Crippen LogP contribution is 2.30. The third-order valence-corrected chi connectivity index (χ3v) is 4.26. The molecule has 1 aliphatic rings. The summed E-state index contributed by atoms with van der Waals surface area (Å²) in [6.07, 6.45) is 0.408. The van der Waals surface area contributed by atoms with Crippen molar-refractivity contribution in [3.63, 3.8) is 0 Å². The Balaban J connectivity index is 1.54. The Hall–Kier alpha value is -2.86. The molecule has 1 N–H and O–H groups in total. The van der Waals surface area contributed by atoms with E-state index in [1.54, 1.807) is 12.1 Å². The molecule has 7 heteroatoms. The lowest BCUT2D eigenvalue weighted by Crippen LogP contribution is -2.32. The van der Waals surface area contributed by atoms with Crippen molar-refractivity contribution in [2.45, 2.75) is 12.8 Å². The minimum atomic E-state index is -0.466. The minimum absolute atomic E-state index is 0.00660. The second-order valence-electron chi connectivity index (χ2n) is 5.79. The van der Waals surface area contributed by atoms with Crippen LogP contribution >= 0.6 is 11.6 Å². The van der Waals surface area contributed by atoms with E-state index in [1.807, 2.05) is 36.4 Å². The topological polar surface area (TPSA) is 75.7 Å². The number of esters is 1. The summed E-state index contributed by atoms with van der Waals surface area (Å²) in [5.74, 6) is -0.472. The predicted octanol–water partition coefficient (Wildman–Crippen LogP) is 3.24. The summed E-state index contributed by atoms with van der Waals surface area (Å²) in [6.45, 7) is 0.188. The van der Waals surface area contributed by atoms with E-state index in [0.717, 1.165) is 16.0 Å².